The minimum Gasteiger partial charge on any atom is -0.352 e. The van der Waals surface area contributed by atoms with Crippen molar-refractivity contribution >= 4 is 29.2 Å². The van der Waals surface area contributed by atoms with Crippen LogP contribution in [-0.2, 0) is 9.59 Å². The number of anilines is 1. The first kappa shape index (κ1) is 10.9. The molecule has 1 aliphatic rings. The molecule has 2 rings (SSSR count). The number of likely N-dealkylation sites (tertiary alicyclic amines) is 1. The summed E-state index contributed by atoms with van der Waals surface area (Å²) in [5.41, 5.74) is 0. The Kier molecular flexibility index (Phi) is 3.05. The zero-order chi connectivity index (χ0) is 11.5. The van der Waals surface area contributed by atoms with Gasteiger partial charge in [0, 0.05) is 19.0 Å². The Morgan fingerprint density at radius 2 is 2.00 bits per heavy atom. The van der Waals surface area contributed by atoms with Crippen LogP contribution in [0.4, 0.5) is 5.82 Å². The van der Waals surface area contributed by atoms with E-state index >= 15 is 0 Å². The molecule has 0 aliphatic carbocycles. The van der Waals surface area contributed by atoms with Gasteiger partial charge in [-0.15, -0.1) is 0 Å². The number of halogens is 1. The summed E-state index contributed by atoms with van der Waals surface area (Å²) in [5.74, 6) is 0.287. The summed E-state index contributed by atoms with van der Waals surface area (Å²) >= 11 is 5.68. The van der Waals surface area contributed by atoms with Gasteiger partial charge in [-0.2, -0.15) is 0 Å². The van der Waals surface area contributed by atoms with Gasteiger partial charge in [-0.25, -0.2) is 4.98 Å². The van der Waals surface area contributed by atoms with Crippen LogP contribution in [0, 0.1) is 0 Å². The highest BCUT2D eigenvalue weighted by Gasteiger charge is 2.28. The van der Waals surface area contributed by atoms with Gasteiger partial charge in [0.1, 0.15) is 5.82 Å². The van der Waals surface area contributed by atoms with E-state index in [0.29, 0.717) is 23.7 Å². The van der Waals surface area contributed by atoms with E-state index < -0.39 is 0 Å². The van der Waals surface area contributed by atoms with Crippen LogP contribution in [0.15, 0.2) is 18.3 Å². The van der Waals surface area contributed by atoms with Gasteiger partial charge in [0.2, 0.25) is 11.8 Å². The fourth-order valence-corrected chi connectivity index (χ4v) is 1.55. The van der Waals surface area contributed by atoms with Gasteiger partial charge >= 0.3 is 0 Å². The number of pyridine rings is 1. The molecule has 0 radical (unpaired) electrons. The fraction of sp³-hybridized carbons (Fsp3) is 0.300. The molecule has 0 aromatic carbocycles. The average molecular weight is 240 g/mol. The number of nitrogens with one attached hydrogen (secondary N) is 1. The first-order valence-electron chi connectivity index (χ1n) is 4.85. The van der Waals surface area contributed by atoms with E-state index in [2.05, 4.69) is 10.3 Å². The third-order valence-corrected chi connectivity index (χ3v) is 2.52. The lowest BCUT2D eigenvalue weighted by Crippen LogP contribution is -2.34. The van der Waals surface area contributed by atoms with Gasteiger partial charge in [-0.3, -0.25) is 14.5 Å². The minimum atomic E-state index is -0.147. The molecule has 0 bridgehead atoms. The second-order valence-electron chi connectivity index (χ2n) is 3.41. The molecule has 1 saturated heterocycles. The molecule has 2 amide bonds. The quantitative estimate of drug-likeness (QED) is 0.807. The molecule has 2 heterocycles. The van der Waals surface area contributed by atoms with E-state index in [1.165, 1.54) is 11.1 Å². The molecular formula is C10H10ClN3O2. The Labute approximate surface area is 97.4 Å². The highest BCUT2D eigenvalue weighted by molar-refractivity contribution is 6.30. The number of carbonyl (C=O) groups is 2. The standard InChI is InChI=1S/C10H10ClN3O2/c11-7-1-2-8(12-5-7)13-6-14-9(15)3-4-10(14)16/h1-2,5H,3-4,6H2,(H,12,13). The number of imide groups is 1. The third kappa shape index (κ3) is 2.30. The zero-order valence-corrected chi connectivity index (χ0v) is 9.20. The lowest BCUT2D eigenvalue weighted by atomic mass is 10.4. The Hall–Kier alpha value is -1.62. The second kappa shape index (κ2) is 4.49. The van der Waals surface area contributed by atoms with Crippen LogP contribution in [-0.4, -0.2) is 28.4 Å². The van der Waals surface area contributed by atoms with E-state index in [1.807, 2.05) is 0 Å². The second-order valence-corrected chi connectivity index (χ2v) is 3.85. The van der Waals surface area contributed by atoms with Crippen LogP contribution in [0.25, 0.3) is 0 Å². The normalized spacial score (nSPS) is 15.7. The topological polar surface area (TPSA) is 62.3 Å². The van der Waals surface area contributed by atoms with Gasteiger partial charge < -0.3 is 5.32 Å². The van der Waals surface area contributed by atoms with Crippen molar-refractivity contribution in [3.8, 4) is 0 Å². The monoisotopic (exact) mass is 239 g/mol. The van der Waals surface area contributed by atoms with Crippen molar-refractivity contribution in [1.82, 2.24) is 9.88 Å². The van der Waals surface area contributed by atoms with Gasteiger partial charge in [0.15, 0.2) is 0 Å². The van der Waals surface area contributed by atoms with Crippen molar-refractivity contribution in [2.75, 3.05) is 12.0 Å². The van der Waals surface area contributed by atoms with E-state index in [4.69, 9.17) is 11.6 Å². The van der Waals surface area contributed by atoms with Crippen molar-refractivity contribution in [2.24, 2.45) is 0 Å². The highest BCUT2D eigenvalue weighted by atomic mass is 35.5. The largest absolute Gasteiger partial charge is 0.352 e. The van der Waals surface area contributed by atoms with Gasteiger partial charge in [0.25, 0.3) is 0 Å². The van der Waals surface area contributed by atoms with Crippen LogP contribution in [0.5, 0.6) is 0 Å². The lowest BCUT2D eigenvalue weighted by molar-refractivity contribution is -0.137. The summed E-state index contributed by atoms with van der Waals surface area (Å²) in [6, 6.07) is 3.37. The fourth-order valence-electron chi connectivity index (χ4n) is 1.44. The molecule has 5 nitrogen and oxygen atoms in total. The molecule has 0 saturated carbocycles. The molecule has 1 aliphatic heterocycles. The number of carbonyl (C=O) groups excluding carboxylic acids is 2. The number of aromatic nitrogens is 1. The summed E-state index contributed by atoms with van der Waals surface area (Å²) in [5, 5.41) is 3.43. The summed E-state index contributed by atoms with van der Waals surface area (Å²) < 4.78 is 0. The molecule has 1 aromatic rings. The van der Waals surface area contributed by atoms with E-state index in [-0.39, 0.29) is 18.5 Å². The van der Waals surface area contributed by atoms with E-state index in [9.17, 15) is 9.59 Å². The third-order valence-electron chi connectivity index (χ3n) is 2.30. The van der Waals surface area contributed by atoms with Crippen LogP contribution in [0.2, 0.25) is 5.02 Å². The molecule has 1 aromatic heterocycles. The van der Waals surface area contributed by atoms with Crippen LogP contribution < -0.4 is 5.32 Å². The minimum absolute atomic E-state index is 0.147. The van der Waals surface area contributed by atoms with Crippen LogP contribution >= 0.6 is 11.6 Å². The van der Waals surface area contributed by atoms with Crippen LogP contribution in [0.1, 0.15) is 12.8 Å². The zero-order valence-electron chi connectivity index (χ0n) is 8.44. The molecule has 84 valence electrons. The highest BCUT2D eigenvalue weighted by Crippen LogP contribution is 2.13. The number of nitrogens with zero attached hydrogens (tertiary/aromatic N) is 2. The van der Waals surface area contributed by atoms with E-state index in [1.54, 1.807) is 12.1 Å². The van der Waals surface area contributed by atoms with Crippen molar-refractivity contribution in [2.45, 2.75) is 12.8 Å². The molecule has 1 fully saturated rings. The smallest absolute Gasteiger partial charge is 0.231 e. The Morgan fingerprint density at radius 3 is 2.56 bits per heavy atom. The number of hydrogen-bond acceptors (Lipinski definition) is 4. The maximum Gasteiger partial charge on any atom is 0.231 e. The summed E-state index contributed by atoms with van der Waals surface area (Å²) in [6.45, 7) is 0.159. The number of rotatable bonds is 3. The Bertz CT molecular complexity index is 403. The van der Waals surface area contributed by atoms with Gasteiger partial charge in [-0.1, -0.05) is 11.6 Å². The number of hydrogen-bond donors (Lipinski definition) is 1. The average Bonchev–Trinajstić information content (AvgIpc) is 2.59. The maximum absolute atomic E-state index is 11.3. The predicted octanol–water partition coefficient (Wildman–Crippen LogP) is 1.25. The molecule has 0 atom stereocenters. The maximum atomic E-state index is 11.3. The summed E-state index contributed by atoms with van der Waals surface area (Å²) in [4.78, 5) is 27.8. The van der Waals surface area contributed by atoms with Crippen molar-refractivity contribution in [3.63, 3.8) is 0 Å². The van der Waals surface area contributed by atoms with E-state index in [0.717, 1.165) is 0 Å². The van der Waals surface area contributed by atoms with Crippen LogP contribution in [0.3, 0.4) is 0 Å². The first-order chi connectivity index (χ1) is 7.66. The molecule has 0 unspecified atom stereocenters. The molecule has 0 spiro atoms. The van der Waals surface area contributed by atoms with Gasteiger partial charge in [0.05, 0.1) is 11.7 Å². The Morgan fingerprint density at radius 1 is 1.31 bits per heavy atom. The number of amides is 2. The lowest BCUT2D eigenvalue weighted by Gasteiger charge is -2.14. The van der Waals surface area contributed by atoms with Gasteiger partial charge in [-0.05, 0) is 12.1 Å². The van der Waals surface area contributed by atoms with Crippen molar-refractivity contribution in [3.05, 3.63) is 23.4 Å². The van der Waals surface area contributed by atoms with Crippen molar-refractivity contribution < 1.29 is 9.59 Å². The summed E-state index contributed by atoms with van der Waals surface area (Å²) in [7, 11) is 0. The molecule has 1 N–H and O–H groups in total. The van der Waals surface area contributed by atoms with Crippen molar-refractivity contribution in [1.29, 1.82) is 0 Å². The molecule has 6 heteroatoms. The molecule has 16 heavy (non-hydrogen) atoms. The summed E-state index contributed by atoms with van der Waals surface area (Å²) in [6.07, 6.45) is 2.10. The molecular weight excluding hydrogens is 230 g/mol. The Balaban J connectivity index is 1.94. The first-order valence-corrected chi connectivity index (χ1v) is 5.23. The predicted molar refractivity (Wildman–Crippen MR) is 58.8 cm³/mol. The SMILES string of the molecule is O=C1CCC(=O)N1CNc1ccc(Cl)cn1.